The SMILES string of the molecule is CC#N.CC#N.CC#N.CC#N.O=P(O)(O)F.O=P(O)(O)F.O=P(O)(O)F.O=P(O)(O)F.O=P(O)(O)F.O=P(O)(O)F. The van der Waals surface area contributed by atoms with Gasteiger partial charge in [-0.25, -0.2) is 27.4 Å². The Hall–Kier alpha value is -1.56. The normalized spacial score (nSPS) is 9.19. The Kier molecular flexibility index (Phi) is 63.8. The minimum Gasteiger partial charge on any atom is -0.299 e. The van der Waals surface area contributed by atoms with Gasteiger partial charge in [0.2, 0.25) is 0 Å². The Bertz CT molecular complexity index is 800. The van der Waals surface area contributed by atoms with Crippen molar-refractivity contribution in [3.05, 3.63) is 0 Å². The minimum absolute atomic E-state index is 1.43. The molecule has 0 fully saturated rings. The molecule has 12 N–H and O–H groups in total. The van der Waals surface area contributed by atoms with Gasteiger partial charge in [0.1, 0.15) is 0 Å². The fourth-order valence-corrected chi connectivity index (χ4v) is 0. The van der Waals surface area contributed by atoms with E-state index in [0.717, 1.165) is 0 Å². The quantitative estimate of drug-likeness (QED) is 0.124. The van der Waals surface area contributed by atoms with Crippen molar-refractivity contribution in [1.82, 2.24) is 0 Å². The van der Waals surface area contributed by atoms with Crippen LogP contribution in [0.1, 0.15) is 27.7 Å². The van der Waals surface area contributed by atoms with Crippen LogP contribution in [-0.2, 0) is 27.4 Å². The first-order valence-electron chi connectivity index (χ1n) is 7.40. The van der Waals surface area contributed by atoms with E-state index in [-0.39, 0.29) is 0 Å². The fraction of sp³-hybridized carbons (Fsp3) is 0.500. The van der Waals surface area contributed by atoms with Gasteiger partial charge in [0, 0.05) is 27.7 Å². The van der Waals surface area contributed by atoms with Crippen molar-refractivity contribution in [2.45, 2.75) is 27.7 Å². The average molecular weight is 764 g/mol. The van der Waals surface area contributed by atoms with Gasteiger partial charge < -0.3 is 0 Å². The van der Waals surface area contributed by atoms with Crippen molar-refractivity contribution in [3.63, 3.8) is 0 Å². The highest BCUT2D eigenvalue weighted by Gasteiger charge is 2.06. The maximum Gasteiger partial charge on any atom is 0.507 e. The second-order valence-electron chi connectivity index (χ2n) is 3.73. The van der Waals surface area contributed by atoms with E-state index in [4.69, 9.17) is 107 Å². The van der Waals surface area contributed by atoms with Crippen LogP contribution in [0.15, 0.2) is 0 Å². The minimum atomic E-state index is -5.14. The zero-order chi connectivity index (χ0) is 37.8. The first-order chi connectivity index (χ1) is 17.7. The van der Waals surface area contributed by atoms with Gasteiger partial charge in [0.25, 0.3) is 0 Å². The van der Waals surface area contributed by atoms with Crippen LogP contribution in [0.2, 0.25) is 0 Å². The summed E-state index contributed by atoms with van der Waals surface area (Å²) in [6, 6.07) is 7.00. The summed E-state index contributed by atoms with van der Waals surface area (Å²) >= 11 is 0. The lowest BCUT2D eigenvalue weighted by Crippen LogP contribution is -1.56. The van der Waals surface area contributed by atoms with E-state index >= 15 is 0 Å². The Morgan fingerprint density at radius 1 is 0.333 bits per heavy atom. The van der Waals surface area contributed by atoms with Crippen LogP contribution in [-0.4, -0.2) is 58.7 Å². The van der Waals surface area contributed by atoms with Gasteiger partial charge in [0.05, 0.1) is 24.3 Å². The lowest BCUT2D eigenvalue weighted by atomic mass is 11.0. The van der Waals surface area contributed by atoms with Gasteiger partial charge in [-0.05, 0) is 0 Å². The largest absolute Gasteiger partial charge is 0.507 e. The first kappa shape index (κ1) is 67.9. The summed E-state index contributed by atoms with van der Waals surface area (Å²) in [4.78, 5) is 83.6. The number of nitrogens with zero attached hydrogens (tertiary/aromatic N) is 4. The van der Waals surface area contributed by atoms with Crippen LogP contribution >= 0.6 is 47.4 Å². The summed E-state index contributed by atoms with van der Waals surface area (Å²) in [5.41, 5.74) is 0. The van der Waals surface area contributed by atoms with Gasteiger partial charge in [0.15, 0.2) is 0 Å². The average Bonchev–Trinajstić information content (AvgIpc) is 2.47. The first-order valence-corrected chi connectivity index (χ1v) is 16.4. The molecule has 34 heteroatoms. The van der Waals surface area contributed by atoms with E-state index in [0.29, 0.717) is 0 Å². The Balaban J connectivity index is -0.0000000342. The van der Waals surface area contributed by atoms with Crippen molar-refractivity contribution in [2.24, 2.45) is 0 Å². The van der Waals surface area contributed by atoms with Gasteiger partial charge in [-0.2, -0.15) is 21.0 Å². The Morgan fingerprint density at radius 2 is 0.333 bits per heavy atom. The maximum absolute atomic E-state index is 10.4. The highest BCUT2D eigenvalue weighted by Crippen LogP contribution is 2.37. The molecule has 256 valence electrons. The van der Waals surface area contributed by atoms with Crippen LogP contribution < -0.4 is 0 Å². The molecular formula is C8H24F6N4O18P6. The Labute approximate surface area is 232 Å². The molecule has 0 saturated heterocycles. The predicted molar refractivity (Wildman–Crippen MR) is 124 cm³/mol. The summed E-state index contributed by atoms with van der Waals surface area (Å²) < 4.78 is 114. The van der Waals surface area contributed by atoms with E-state index in [1.807, 2.05) is 0 Å². The molecule has 0 bridgehead atoms. The maximum atomic E-state index is 10.4. The number of hydrogen-bond donors (Lipinski definition) is 12. The monoisotopic (exact) mass is 764 g/mol. The third kappa shape index (κ3) is 22100. The van der Waals surface area contributed by atoms with Crippen LogP contribution in [0.5, 0.6) is 0 Å². The summed E-state index contributed by atoms with van der Waals surface area (Å²) in [6.07, 6.45) is 0. The van der Waals surface area contributed by atoms with E-state index in [9.17, 15) is 25.2 Å². The third-order valence-electron chi connectivity index (χ3n) is 0. The second-order valence-corrected chi connectivity index (χ2v) is 9.41. The summed E-state index contributed by atoms with van der Waals surface area (Å²) in [5, 5.41) is 29.3. The van der Waals surface area contributed by atoms with Gasteiger partial charge >= 0.3 is 47.4 Å². The van der Waals surface area contributed by atoms with Crippen molar-refractivity contribution in [3.8, 4) is 24.3 Å². The molecule has 0 unspecified atom stereocenters. The molecule has 0 spiro atoms. The van der Waals surface area contributed by atoms with Gasteiger partial charge in [-0.1, -0.05) is 0 Å². The zero-order valence-electron chi connectivity index (χ0n) is 20.6. The zero-order valence-corrected chi connectivity index (χ0v) is 25.9. The lowest BCUT2D eigenvalue weighted by Gasteiger charge is -1.78. The molecule has 0 atom stereocenters. The molecule has 0 aliphatic rings. The molecule has 0 aromatic carbocycles. The molecular weight excluding hydrogens is 740 g/mol. The van der Waals surface area contributed by atoms with Crippen LogP contribution in [0.3, 0.4) is 0 Å². The number of halogens is 6. The van der Waals surface area contributed by atoms with Crippen molar-refractivity contribution >= 4 is 47.4 Å². The van der Waals surface area contributed by atoms with Crippen molar-refractivity contribution in [2.75, 3.05) is 0 Å². The summed E-state index contributed by atoms with van der Waals surface area (Å²) in [7, 11) is -30.8. The van der Waals surface area contributed by atoms with Gasteiger partial charge in [-0.3, -0.25) is 58.7 Å². The molecule has 0 aromatic heterocycles. The van der Waals surface area contributed by atoms with E-state index in [1.165, 1.54) is 27.7 Å². The molecule has 0 heterocycles. The third-order valence-corrected chi connectivity index (χ3v) is 0. The standard InChI is InChI=1S/4C2H3N.6FH2O3P/c4*1-2-3;6*1-5(2,3)4/h4*1H3;6*(H2,2,3,4). The second kappa shape index (κ2) is 39.4. The number of nitriles is 4. The number of rotatable bonds is 0. The highest BCUT2D eigenvalue weighted by molar-refractivity contribution is 7.46. The molecule has 0 aromatic rings. The molecule has 0 aliphatic heterocycles. The van der Waals surface area contributed by atoms with E-state index in [1.54, 1.807) is 24.3 Å². The van der Waals surface area contributed by atoms with E-state index in [2.05, 4.69) is 0 Å². The van der Waals surface area contributed by atoms with Crippen LogP contribution in [0, 0.1) is 45.3 Å². The smallest absolute Gasteiger partial charge is 0.299 e. The molecule has 0 amide bonds. The molecule has 42 heavy (non-hydrogen) atoms. The molecule has 0 saturated carbocycles. The molecule has 0 rings (SSSR count). The summed E-state index contributed by atoms with van der Waals surface area (Å²) in [5.74, 6) is 0. The van der Waals surface area contributed by atoms with Gasteiger partial charge in [-0.15, -0.1) is 25.2 Å². The van der Waals surface area contributed by atoms with Crippen LogP contribution in [0.25, 0.3) is 0 Å². The lowest BCUT2D eigenvalue weighted by molar-refractivity contribution is 0.320. The Morgan fingerprint density at radius 3 is 0.333 bits per heavy atom. The molecule has 0 aliphatic carbocycles. The van der Waals surface area contributed by atoms with Crippen LogP contribution in [0.4, 0.5) is 25.2 Å². The number of hydrogen-bond acceptors (Lipinski definition) is 10. The van der Waals surface area contributed by atoms with Crippen molar-refractivity contribution < 1.29 is 111 Å². The molecule has 0 radical (unpaired) electrons. The van der Waals surface area contributed by atoms with Crippen molar-refractivity contribution in [1.29, 1.82) is 21.0 Å². The molecule has 22 nitrogen and oxygen atoms in total. The summed E-state index contributed by atoms with van der Waals surface area (Å²) in [6.45, 7) is 5.72. The highest BCUT2D eigenvalue weighted by atomic mass is 31.2. The predicted octanol–water partition coefficient (Wildman–Crippen LogP) is 2.41. The van der Waals surface area contributed by atoms with E-state index < -0.39 is 47.4 Å². The topological polar surface area (TPSA) is 440 Å². The fourth-order valence-electron chi connectivity index (χ4n) is 0.